The average Bonchev–Trinajstić information content (AvgIpc) is 2.35. The van der Waals surface area contributed by atoms with Gasteiger partial charge in [0.15, 0.2) is 0 Å². The van der Waals surface area contributed by atoms with E-state index in [0.717, 1.165) is 24.5 Å². The van der Waals surface area contributed by atoms with Gasteiger partial charge in [-0.05, 0) is 36.5 Å². The van der Waals surface area contributed by atoms with Crippen LogP contribution in [0.5, 0.6) is 0 Å². The molecule has 1 fully saturated rings. The first-order valence-electron chi connectivity index (χ1n) is 6.72. The van der Waals surface area contributed by atoms with Crippen LogP contribution in [-0.2, 0) is 6.18 Å². The highest BCUT2D eigenvalue weighted by Crippen LogP contribution is 2.37. The summed E-state index contributed by atoms with van der Waals surface area (Å²) in [5.41, 5.74) is -0.391. The second kappa shape index (κ2) is 5.02. The minimum atomic E-state index is -4.59. The molecule has 0 radical (unpaired) electrons. The second-order valence-corrected chi connectivity index (χ2v) is 5.24. The van der Waals surface area contributed by atoms with Gasteiger partial charge in [0.1, 0.15) is 5.69 Å². The van der Waals surface area contributed by atoms with Crippen LogP contribution >= 0.6 is 0 Å². The van der Waals surface area contributed by atoms with E-state index in [-0.39, 0.29) is 5.69 Å². The smallest absolute Gasteiger partial charge is 0.302 e. The molecule has 110 valence electrons. The number of halogens is 3. The topological polar surface area (TPSA) is 45.8 Å². The molecule has 1 aliphatic carbocycles. The molecule has 1 aromatic heterocycles. The standard InChI is InChI=1S/C15H13F3N2O/c16-15(17,18)13-8-12(19-14(21)20-13)11-6-2-5-10(7-11)9-3-1-4-9/h2,5-9H,1,3-4H2,(H,19,20,21). The average molecular weight is 294 g/mol. The third-order valence-corrected chi connectivity index (χ3v) is 3.81. The lowest BCUT2D eigenvalue weighted by molar-refractivity contribution is -0.141. The van der Waals surface area contributed by atoms with Gasteiger partial charge in [0, 0.05) is 5.56 Å². The fourth-order valence-electron chi connectivity index (χ4n) is 2.45. The normalized spacial score (nSPS) is 15.8. The van der Waals surface area contributed by atoms with Crippen molar-refractivity contribution >= 4 is 0 Å². The molecule has 21 heavy (non-hydrogen) atoms. The number of hydrogen-bond acceptors (Lipinski definition) is 2. The molecule has 0 spiro atoms. The monoisotopic (exact) mass is 294 g/mol. The van der Waals surface area contributed by atoms with E-state index >= 15 is 0 Å². The van der Waals surface area contributed by atoms with Gasteiger partial charge in [-0.25, -0.2) is 4.79 Å². The van der Waals surface area contributed by atoms with Crippen molar-refractivity contribution in [1.29, 1.82) is 0 Å². The van der Waals surface area contributed by atoms with Crippen LogP contribution in [0.15, 0.2) is 35.1 Å². The first-order valence-corrected chi connectivity index (χ1v) is 6.72. The molecule has 0 atom stereocenters. The molecule has 3 nitrogen and oxygen atoms in total. The summed E-state index contributed by atoms with van der Waals surface area (Å²) in [6, 6.07) is 8.13. The maximum Gasteiger partial charge on any atom is 0.431 e. The maximum atomic E-state index is 12.7. The number of alkyl halides is 3. The third kappa shape index (κ3) is 2.84. The summed E-state index contributed by atoms with van der Waals surface area (Å²) < 4.78 is 38.2. The Balaban J connectivity index is 2.04. The van der Waals surface area contributed by atoms with Gasteiger partial charge in [-0.15, -0.1) is 0 Å². The lowest BCUT2D eigenvalue weighted by atomic mass is 9.79. The molecule has 0 unspecified atom stereocenters. The minimum absolute atomic E-state index is 0.0484. The Morgan fingerprint density at radius 3 is 2.57 bits per heavy atom. The van der Waals surface area contributed by atoms with E-state index in [1.54, 1.807) is 17.1 Å². The van der Waals surface area contributed by atoms with Gasteiger partial charge in [-0.2, -0.15) is 18.2 Å². The van der Waals surface area contributed by atoms with Crippen LogP contribution in [0.2, 0.25) is 0 Å². The Kier molecular flexibility index (Phi) is 3.31. The zero-order valence-electron chi connectivity index (χ0n) is 11.1. The van der Waals surface area contributed by atoms with Gasteiger partial charge in [0.2, 0.25) is 0 Å². The number of nitrogens with one attached hydrogen (secondary N) is 1. The van der Waals surface area contributed by atoms with Crippen LogP contribution < -0.4 is 5.69 Å². The van der Waals surface area contributed by atoms with E-state index in [2.05, 4.69) is 4.98 Å². The van der Waals surface area contributed by atoms with Crippen LogP contribution in [0.25, 0.3) is 11.3 Å². The van der Waals surface area contributed by atoms with Crippen molar-refractivity contribution in [2.45, 2.75) is 31.4 Å². The molecular formula is C15H13F3N2O. The zero-order valence-corrected chi connectivity index (χ0v) is 11.1. The fraction of sp³-hybridized carbons (Fsp3) is 0.333. The van der Waals surface area contributed by atoms with Gasteiger partial charge in [0.25, 0.3) is 0 Å². The SMILES string of the molecule is O=c1nc(-c2cccc(C3CCC3)c2)cc(C(F)(F)F)[nH]1. The number of benzene rings is 1. The lowest BCUT2D eigenvalue weighted by Crippen LogP contribution is -2.19. The number of H-pyrrole nitrogens is 1. The molecule has 0 saturated heterocycles. The Bertz CT molecular complexity index is 717. The largest absolute Gasteiger partial charge is 0.431 e. The highest BCUT2D eigenvalue weighted by Gasteiger charge is 2.32. The molecule has 6 heteroatoms. The highest BCUT2D eigenvalue weighted by atomic mass is 19.4. The molecule has 2 aromatic rings. The van der Waals surface area contributed by atoms with Crippen molar-refractivity contribution in [3.05, 3.63) is 52.1 Å². The van der Waals surface area contributed by atoms with Crippen LogP contribution in [0.4, 0.5) is 13.2 Å². The van der Waals surface area contributed by atoms with E-state index in [9.17, 15) is 18.0 Å². The summed E-state index contributed by atoms with van der Waals surface area (Å²) in [4.78, 5) is 16.7. The number of rotatable bonds is 2. The molecule has 1 aromatic carbocycles. The summed E-state index contributed by atoms with van der Waals surface area (Å²) in [6.45, 7) is 0. The van der Waals surface area contributed by atoms with Crippen LogP contribution in [0.1, 0.15) is 36.4 Å². The molecule has 3 rings (SSSR count). The van der Waals surface area contributed by atoms with E-state index in [4.69, 9.17) is 0 Å². The molecule has 1 N–H and O–H groups in total. The van der Waals surface area contributed by atoms with Crippen molar-refractivity contribution in [2.75, 3.05) is 0 Å². The number of hydrogen-bond donors (Lipinski definition) is 1. The van der Waals surface area contributed by atoms with Crippen molar-refractivity contribution < 1.29 is 13.2 Å². The number of nitrogens with zero attached hydrogens (tertiary/aromatic N) is 1. The van der Waals surface area contributed by atoms with Gasteiger partial charge in [-0.3, -0.25) is 0 Å². The second-order valence-electron chi connectivity index (χ2n) is 5.24. The van der Waals surface area contributed by atoms with Gasteiger partial charge >= 0.3 is 11.9 Å². The molecule has 1 aliphatic rings. The third-order valence-electron chi connectivity index (χ3n) is 3.81. The van der Waals surface area contributed by atoms with E-state index in [1.165, 1.54) is 6.42 Å². The predicted octanol–water partition coefficient (Wildman–Crippen LogP) is 3.72. The number of aromatic nitrogens is 2. The molecular weight excluding hydrogens is 281 g/mol. The van der Waals surface area contributed by atoms with Crippen molar-refractivity contribution in [3.8, 4) is 11.3 Å². The predicted molar refractivity (Wildman–Crippen MR) is 71.9 cm³/mol. The number of aromatic amines is 1. The summed E-state index contributed by atoms with van der Waals surface area (Å²) in [7, 11) is 0. The van der Waals surface area contributed by atoms with Crippen LogP contribution in [-0.4, -0.2) is 9.97 Å². The van der Waals surface area contributed by atoms with E-state index in [1.807, 2.05) is 12.1 Å². The molecule has 1 saturated carbocycles. The van der Waals surface area contributed by atoms with Crippen LogP contribution in [0.3, 0.4) is 0 Å². The molecule has 0 amide bonds. The van der Waals surface area contributed by atoms with Gasteiger partial charge in [0.05, 0.1) is 5.69 Å². The summed E-state index contributed by atoms with van der Waals surface area (Å²) >= 11 is 0. The Labute approximate surface area is 118 Å². The fourth-order valence-corrected chi connectivity index (χ4v) is 2.45. The van der Waals surface area contributed by atoms with Gasteiger partial charge < -0.3 is 4.98 Å². The van der Waals surface area contributed by atoms with Crippen molar-refractivity contribution in [2.24, 2.45) is 0 Å². The first-order chi connectivity index (χ1) is 9.93. The zero-order chi connectivity index (χ0) is 15.0. The summed E-state index contributed by atoms with van der Waals surface area (Å²) in [5.74, 6) is 0.467. The maximum absolute atomic E-state index is 12.7. The van der Waals surface area contributed by atoms with Crippen molar-refractivity contribution in [3.63, 3.8) is 0 Å². The Hall–Kier alpha value is -2.11. The Morgan fingerprint density at radius 2 is 1.95 bits per heavy atom. The van der Waals surface area contributed by atoms with Gasteiger partial charge in [-0.1, -0.05) is 24.6 Å². The highest BCUT2D eigenvalue weighted by molar-refractivity contribution is 5.60. The first kappa shape index (κ1) is 13.9. The van der Waals surface area contributed by atoms with E-state index in [0.29, 0.717) is 11.5 Å². The summed E-state index contributed by atoms with van der Waals surface area (Å²) in [5, 5.41) is 0. The molecule has 1 heterocycles. The van der Waals surface area contributed by atoms with Crippen molar-refractivity contribution in [1.82, 2.24) is 9.97 Å². The minimum Gasteiger partial charge on any atom is -0.302 e. The molecule has 0 bridgehead atoms. The quantitative estimate of drug-likeness (QED) is 0.917. The summed E-state index contributed by atoms with van der Waals surface area (Å²) in [6.07, 6.45) is -1.22. The lowest BCUT2D eigenvalue weighted by Gasteiger charge is -2.26. The molecule has 0 aliphatic heterocycles. The van der Waals surface area contributed by atoms with Crippen LogP contribution in [0, 0.1) is 0 Å². The van der Waals surface area contributed by atoms with E-state index < -0.39 is 17.6 Å². The Morgan fingerprint density at radius 1 is 1.19 bits per heavy atom.